The minimum atomic E-state index is -4.76. The van der Waals surface area contributed by atoms with Crippen LogP contribution in [-0.4, -0.2) is 27.2 Å². The summed E-state index contributed by atoms with van der Waals surface area (Å²) in [6.45, 7) is 0. The number of nitrogens with one attached hydrogen (secondary N) is 2. The van der Waals surface area contributed by atoms with Gasteiger partial charge in [0, 0.05) is 16.8 Å². The van der Waals surface area contributed by atoms with E-state index in [2.05, 4.69) is 25.5 Å². The second kappa shape index (κ2) is 9.90. The Kier molecular flexibility index (Phi) is 6.33. The summed E-state index contributed by atoms with van der Waals surface area (Å²) in [6.07, 6.45) is -1.74. The van der Waals surface area contributed by atoms with Crippen LogP contribution in [0.25, 0.3) is 28.4 Å². The fourth-order valence-electron chi connectivity index (χ4n) is 3.55. The zero-order chi connectivity index (χ0) is 25.8. The van der Waals surface area contributed by atoms with Gasteiger partial charge < -0.3 is 19.8 Å². The summed E-state index contributed by atoms with van der Waals surface area (Å²) in [5.74, 6) is 0.713. The van der Waals surface area contributed by atoms with Crippen LogP contribution in [0, 0.1) is 0 Å². The number of furan rings is 1. The number of para-hydroxylation sites is 1. The standard InChI is InChI=1S/C26H18F3N5O3/c27-26(28,29)37-20-13-11-19(12-14-20)34-16-30-24(33-34)17-7-9-18(10-8-17)31-25(35)32-22-5-2-1-4-21(22)23-6-3-15-36-23/h1-16H,(H2,31,32,35). The van der Waals surface area contributed by atoms with Gasteiger partial charge in [-0.25, -0.2) is 14.5 Å². The van der Waals surface area contributed by atoms with Crippen molar-refractivity contribution in [2.75, 3.05) is 10.6 Å². The van der Waals surface area contributed by atoms with Crippen LogP contribution in [-0.2, 0) is 0 Å². The molecule has 3 aromatic carbocycles. The molecule has 0 spiro atoms. The highest BCUT2D eigenvalue weighted by atomic mass is 19.4. The molecule has 0 saturated heterocycles. The van der Waals surface area contributed by atoms with Gasteiger partial charge in [0.15, 0.2) is 5.82 Å². The Morgan fingerprint density at radius 1 is 0.892 bits per heavy atom. The van der Waals surface area contributed by atoms with Gasteiger partial charge in [-0.3, -0.25) is 0 Å². The SMILES string of the molecule is O=C(Nc1ccc(-c2ncn(-c3ccc(OC(F)(F)F)cc3)n2)cc1)Nc1ccccc1-c1ccco1. The van der Waals surface area contributed by atoms with Gasteiger partial charge in [0.25, 0.3) is 0 Å². The van der Waals surface area contributed by atoms with Crippen molar-refractivity contribution in [2.45, 2.75) is 6.36 Å². The number of hydrogen-bond donors (Lipinski definition) is 2. The van der Waals surface area contributed by atoms with E-state index in [4.69, 9.17) is 4.42 Å². The molecule has 0 aliphatic rings. The first-order valence-corrected chi connectivity index (χ1v) is 10.9. The highest BCUT2D eigenvalue weighted by molar-refractivity contribution is 6.02. The Bertz CT molecular complexity index is 1500. The van der Waals surface area contributed by atoms with Gasteiger partial charge in [-0.15, -0.1) is 18.3 Å². The summed E-state index contributed by atoms with van der Waals surface area (Å²) in [4.78, 5) is 16.8. The number of carbonyl (C=O) groups is 1. The number of amides is 2. The number of alkyl halides is 3. The third kappa shape index (κ3) is 5.78. The maximum absolute atomic E-state index is 12.6. The minimum absolute atomic E-state index is 0.326. The first-order valence-electron chi connectivity index (χ1n) is 10.9. The van der Waals surface area contributed by atoms with Crippen molar-refractivity contribution >= 4 is 17.4 Å². The van der Waals surface area contributed by atoms with E-state index >= 15 is 0 Å². The van der Waals surface area contributed by atoms with E-state index in [0.717, 1.165) is 5.56 Å². The van der Waals surface area contributed by atoms with E-state index in [1.807, 2.05) is 24.3 Å². The Labute approximate surface area is 208 Å². The number of carbonyl (C=O) groups excluding carboxylic acids is 1. The van der Waals surface area contributed by atoms with Crippen LogP contribution in [0.4, 0.5) is 29.3 Å². The Morgan fingerprint density at radius 3 is 2.35 bits per heavy atom. The number of ether oxygens (including phenoxy) is 1. The lowest BCUT2D eigenvalue weighted by atomic mass is 10.1. The van der Waals surface area contributed by atoms with Crippen molar-refractivity contribution in [1.29, 1.82) is 0 Å². The molecule has 2 amide bonds. The largest absolute Gasteiger partial charge is 0.573 e. The summed E-state index contributed by atoms with van der Waals surface area (Å²) in [7, 11) is 0. The third-order valence-electron chi connectivity index (χ3n) is 5.19. The first-order chi connectivity index (χ1) is 17.8. The molecule has 2 aromatic heterocycles. The van der Waals surface area contributed by atoms with Gasteiger partial charge in [-0.2, -0.15) is 0 Å². The monoisotopic (exact) mass is 505 g/mol. The molecular formula is C26H18F3N5O3. The van der Waals surface area contributed by atoms with Crippen LogP contribution in [0.15, 0.2) is 102 Å². The van der Waals surface area contributed by atoms with E-state index in [-0.39, 0.29) is 5.75 Å². The fourth-order valence-corrected chi connectivity index (χ4v) is 3.55. The highest BCUT2D eigenvalue weighted by Gasteiger charge is 2.31. The lowest BCUT2D eigenvalue weighted by Crippen LogP contribution is -2.19. The number of rotatable bonds is 6. The van der Waals surface area contributed by atoms with Gasteiger partial charge in [0.05, 0.1) is 17.6 Å². The summed E-state index contributed by atoms with van der Waals surface area (Å²) in [5, 5.41) is 9.97. The van der Waals surface area contributed by atoms with Gasteiger partial charge >= 0.3 is 12.4 Å². The predicted octanol–water partition coefficient (Wildman–Crippen LogP) is 6.74. The first kappa shape index (κ1) is 23.7. The smallest absolute Gasteiger partial charge is 0.464 e. The molecule has 0 saturated carbocycles. The lowest BCUT2D eigenvalue weighted by Gasteiger charge is -2.11. The zero-order valence-electron chi connectivity index (χ0n) is 18.9. The molecule has 37 heavy (non-hydrogen) atoms. The van der Waals surface area contributed by atoms with Crippen LogP contribution in [0.5, 0.6) is 5.75 Å². The molecule has 0 bridgehead atoms. The van der Waals surface area contributed by atoms with Crippen molar-refractivity contribution in [2.24, 2.45) is 0 Å². The van der Waals surface area contributed by atoms with Crippen molar-refractivity contribution in [3.63, 3.8) is 0 Å². The second-order valence-corrected chi connectivity index (χ2v) is 7.73. The molecule has 0 radical (unpaired) electrons. The summed E-state index contributed by atoms with van der Waals surface area (Å²) >= 11 is 0. The van der Waals surface area contributed by atoms with Crippen LogP contribution in [0.1, 0.15) is 0 Å². The Balaban J connectivity index is 1.23. The molecule has 186 valence electrons. The van der Waals surface area contributed by atoms with E-state index < -0.39 is 12.4 Å². The van der Waals surface area contributed by atoms with Crippen molar-refractivity contribution in [1.82, 2.24) is 14.8 Å². The van der Waals surface area contributed by atoms with Gasteiger partial charge in [0.2, 0.25) is 0 Å². The topological polar surface area (TPSA) is 94.2 Å². The molecule has 11 heteroatoms. The van der Waals surface area contributed by atoms with E-state index in [0.29, 0.717) is 34.2 Å². The average molecular weight is 505 g/mol. The number of hydrogen-bond acceptors (Lipinski definition) is 5. The maximum Gasteiger partial charge on any atom is 0.573 e. The molecule has 5 rings (SSSR count). The lowest BCUT2D eigenvalue weighted by molar-refractivity contribution is -0.274. The van der Waals surface area contributed by atoms with Gasteiger partial charge in [0.1, 0.15) is 17.8 Å². The van der Waals surface area contributed by atoms with Crippen LogP contribution in [0.2, 0.25) is 0 Å². The molecular weight excluding hydrogens is 487 g/mol. The Morgan fingerprint density at radius 2 is 1.65 bits per heavy atom. The molecule has 0 fully saturated rings. The molecule has 8 nitrogen and oxygen atoms in total. The molecule has 0 atom stereocenters. The predicted molar refractivity (Wildman–Crippen MR) is 130 cm³/mol. The normalized spacial score (nSPS) is 11.2. The second-order valence-electron chi connectivity index (χ2n) is 7.73. The summed E-state index contributed by atoms with van der Waals surface area (Å²) in [6, 6.07) is 22.6. The summed E-state index contributed by atoms with van der Waals surface area (Å²) < 4.78 is 47.8. The van der Waals surface area contributed by atoms with Crippen molar-refractivity contribution < 1.29 is 27.1 Å². The minimum Gasteiger partial charge on any atom is -0.464 e. The summed E-state index contributed by atoms with van der Waals surface area (Å²) in [5.41, 5.74) is 3.10. The van der Waals surface area contributed by atoms with Crippen molar-refractivity contribution in [3.05, 3.63) is 97.5 Å². The Hall–Kier alpha value is -5.06. The average Bonchev–Trinajstić information content (AvgIpc) is 3.57. The maximum atomic E-state index is 12.6. The molecule has 0 unspecified atom stereocenters. The fraction of sp³-hybridized carbons (Fsp3) is 0.0385. The van der Waals surface area contributed by atoms with Crippen LogP contribution in [0.3, 0.4) is 0 Å². The highest BCUT2D eigenvalue weighted by Crippen LogP contribution is 2.28. The number of halogens is 3. The third-order valence-corrected chi connectivity index (χ3v) is 5.19. The van der Waals surface area contributed by atoms with Crippen LogP contribution >= 0.6 is 0 Å². The van der Waals surface area contributed by atoms with E-state index in [9.17, 15) is 18.0 Å². The number of anilines is 2. The molecule has 0 aliphatic heterocycles. The number of benzene rings is 3. The van der Waals surface area contributed by atoms with Crippen molar-refractivity contribution in [3.8, 4) is 34.1 Å². The number of aromatic nitrogens is 3. The van der Waals surface area contributed by atoms with Crippen LogP contribution < -0.4 is 15.4 Å². The molecule has 5 aromatic rings. The van der Waals surface area contributed by atoms with Gasteiger partial charge in [-0.1, -0.05) is 12.1 Å². The quantitative estimate of drug-likeness (QED) is 0.267. The molecule has 0 aliphatic carbocycles. The molecule has 2 N–H and O–H groups in total. The number of nitrogens with zero attached hydrogens (tertiary/aromatic N) is 3. The van der Waals surface area contributed by atoms with E-state index in [1.165, 1.54) is 35.3 Å². The van der Waals surface area contributed by atoms with E-state index in [1.54, 1.807) is 42.7 Å². The number of urea groups is 1. The van der Waals surface area contributed by atoms with Gasteiger partial charge in [-0.05, 0) is 72.8 Å². The zero-order valence-corrected chi connectivity index (χ0v) is 18.9. The molecule has 2 heterocycles.